The topological polar surface area (TPSA) is 43.8 Å². The molecule has 1 heterocycles. The summed E-state index contributed by atoms with van der Waals surface area (Å²) in [6.07, 6.45) is 3.73. The molecule has 3 nitrogen and oxygen atoms in total. The van der Waals surface area contributed by atoms with Crippen molar-refractivity contribution in [2.75, 3.05) is 5.73 Å². The van der Waals surface area contributed by atoms with Crippen LogP contribution in [-0.2, 0) is 6.54 Å². The Balaban J connectivity index is 1.97. The lowest BCUT2D eigenvalue weighted by Crippen LogP contribution is -2.03. The summed E-state index contributed by atoms with van der Waals surface area (Å²) in [5.74, 6) is 0.885. The normalized spacial score (nSPS) is 10.7. The molecular formula is C16H14ClN3. The van der Waals surface area contributed by atoms with Gasteiger partial charge < -0.3 is 10.3 Å². The first-order valence-electron chi connectivity index (χ1n) is 6.34. The minimum absolute atomic E-state index is 0.689. The number of nitrogens with zero attached hydrogens (tertiary/aromatic N) is 2. The van der Waals surface area contributed by atoms with Crippen molar-refractivity contribution >= 4 is 17.3 Å². The molecular weight excluding hydrogens is 270 g/mol. The maximum atomic E-state index is 6.04. The van der Waals surface area contributed by atoms with Crippen LogP contribution < -0.4 is 5.73 Å². The zero-order valence-electron chi connectivity index (χ0n) is 10.8. The van der Waals surface area contributed by atoms with Crippen LogP contribution in [0.2, 0.25) is 5.02 Å². The molecule has 0 unspecified atom stereocenters. The van der Waals surface area contributed by atoms with Crippen molar-refractivity contribution in [1.29, 1.82) is 0 Å². The zero-order valence-corrected chi connectivity index (χ0v) is 11.6. The molecule has 0 aliphatic rings. The maximum Gasteiger partial charge on any atom is 0.140 e. The van der Waals surface area contributed by atoms with Crippen molar-refractivity contribution in [3.05, 3.63) is 71.5 Å². The molecule has 20 heavy (non-hydrogen) atoms. The van der Waals surface area contributed by atoms with Crippen molar-refractivity contribution in [3.63, 3.8) is 0 Å². The fraction of sp³-hybridized carbons (Fsp3) is 0.0625. The van der Waals surface area contributed by atoms with E-state index in [-0.39, 0.29) is 0 Å². The van der Waals surface area contributed by atoms with Gasteiger partial charge in [-0.05, 0) is 23.8 Å². The second kappa shape index (κ2) is 5.39. The molecule has 0 saturated heterocycles. The summed E-state index contributed by atoms with van der Waals surface area (Å²) < 4.78 is 2.07. The van der Waals surface area contributed by atoms with Crippen molar-refractivity contribution in [2.45, 2.75) is 6.54 Å². The van der Waals surface area contributed by atoms with Crippen LogP contribution in [0.3, 0.4) is 0 Å². The maximum absolute atomic E-state index is 6.04. The van der Waals surface area contributed by atoms with Gasteiger partial charge in [0, 0.05) is 28.7 Å². The predicted molar refractivity (Wildman–Crippen MR) is 82.6 cm³/mol. The molecule has 3 rings (SSSR count). The number of benzene rings is 2. The molecule has 0 amide bonds. The number of rotatable bonds is 3. The van der Waals surface area contributed by atoms with Gasteiger partial charge in [0.05, 0.1) is 6.54 Å². The fourth-order valence-electron chi connectivity index (χ4n) is 2.19. The second-order valence-electron chi connectivity index (χ2n) is 4.59. The third kappa shape index (κ3) is 2.53. The number of imidazole rings is 1. The third-order valence-electron chi connectivity index (χ3n) is 3.19. The van der Waals surface area contributed by atoms with Crippen LogP contribution >= 0.6 is 11.6 Å². The van der Waals surface area contributed by atoms with Crippen LogP contribution in [-0.4, -0.2) is 9.55 Å². The lowest BCUT2D eigenvalue weighted by molar-refractivity contribution is 0.809. The van der Waals surface area contributed by atoms with E-state index in [1.807, 2.05) is 54.7 Å². The van der Waals surface area contributed by atoms with Crippen LogP contribution in [0.25, 0.3) is 11.4 Å². The molecule has 2 aromatic carbocycles. The SMILES string of the molecule is Nc1ccccc1Cn1ccnc1-c1cccc(Cl)c1. The summed E-state index contributed by atoms with van der Waals surface area (Å²) in [5.41, 5.74) is 8.86. The Morgan fingerprint density at radius 2 is 1.95 bits per heavy atom. The summed E-state index contributed by atoms with van der Waals surface area (Å²) in [7, 11) is 0. The first-order valence-corrected chi connectivity index (χ1v) is 6.72. The van der Waals surface area contributed by atoms with Crippen LogP contribution in [0.15, 0.2) is 60.9 Å². The largest absolute Gasteiger partial charge is 0.398 e. The summed E-state index contributed by atoms with van der Waals surface area (Å²) in [5, 5.41) is 0.705. The van der Waals surface area contributed by atoms with Gasteiger partial charge in [-0.1, -0.05) is 41.9 Å². The molecule has 3 aromatic rings. The standard InChI is InChI=1S/C16H14ClN3/c17-14-6-3-5-12(10-14)16-19-8-9-20(16)11-13-4-1-2-7-15(13)18/h1-10H,11,18H2. The third-order valence-corrected chi connectivity index (χ3v) is 3.43. The Morgan fingerprint density at radius 3 is 2.75 bits per heavy atom. The number of halogens is 1. The Labute approximate surface area is 122 Å². The van der Waals surface area contributed by atoms with E-state index in [4.69, 9.17) is 17.3 Å². The highest BCUT2D eigenvalue weighted by Crippen LogP contribution is 2.23. The Bertz CT molecular complexity index is 734. The van der Waals surface area contributed by atoms with Gasteiger partial charge in [0.1, 0.15) is 5.82 Å². The highest BCUT2D eigenvalue weighted by atomic mass is 35.5. The number of hydrogen-bond donors (Lipinski definition) is 1. The van der Waals surface area contributed by atoms with Crippen molar-refractivity contribution in [3.8, 4) is 11.4 Å². The lowest BCUT2D eigenvalue weighted by atomic mass is 10.1. The highest BCUT2D eigenvalue weighted by molar-refractivity contribution is 6.30. The molecule has 2 N–H and O–H groups in total. The van der Waals surface area contributed by atoms with Crippen molar-refractivity contribution in [2.24, 2.45) is 0 Å². The number of aromatic nitrogens is 2. The van der Waals surface area contributed by atoms with Crippen LogP contribution in [0.5, 0.6) is 0 Å². The average Bonchev–Trinajstić information content (AvgIpc) is 2.90. The second-order valence-corrected chi connectivity index (χ2v) is 5.02. The van der Waals surface area contributed by atoms with E-state index in [1.54, 1.807) is 6.20 Å². The lowest BCUT2D eigenvalue weighted by Gasteiger charge is -2.10. The summed E-state index contributed by atoms with van der Waals surface area (Å²) in [4.78, 5) is 4.42. The number of anilines is 1. The van der Waals surface area contributed by atoms with Gasteiger partial charge in [-0.15, -0.1) is 0 Å². The molecule has 0 saturated carbocycles. The molecule has 0 fully saturated rings. The molecule has 0 aliphatic heterocycles. The highest BCUT2D eigenvalue weighted by Gasteiger charge is 2.08. The monoisotopic (exact) mass is 283 g/mol. The number of nitrogen functional groups attached to an aromatic ring is 1. The van der Waals surface area contributed by atoms with Crippen molar-refractivity contribution in [1.82, 2.24) is 9.55 Å². The van der Waals surface area contributed by atoms with E-state index in [2.05, 4.69) is 9.55 Å². The van der Waals surface area contributed by atoms with Gasteiger partial charge in [0.25, 0.3) is 0 Å². The van der Waals surface area contributed by atoms with E-state index >= 15 is 0 Å². The molecule has 0 atom stereocenters. The first kappa shape index (κ1) is 12.8. The van der Waals surface area contributed by atoms with E-state index in [0.29, 0.717) is 11.6 Å². The molecule has 4 heteroatoms. The average molecular weight is 284 g/mol. The minimum Gasteiger partial charge on any atom is -0.398 e. The summed E-state index contributed by atoms with van der Waals surface area (Å²) >= 11 is 6.04. The fourth-order valence-corrected chi connectivity index (χ4v) is 2.38. The van der Waals surface area contributed by atoms with Gasteiger partial charge in [0.2, 0.25) is 0 Å². The van der Waals surface area contributed by atoms with Crippen molar-refractivity contribution < 1.29 is 0 Å². The zero-order chi connectivity index (χ0) is 13.9. The molecule has 100 valence electrons. The van der Waals surface area contributed by atoms with Crippen LogP contribution in [0.4, 0.5) is 5.69 Å². The minimum atomic E-state index is 0.689. The van der Waals surface area contributed by atoms with Gasteiger partial charge >= 0.3 is 0 Å². The molecule has 0 bridgehead atoms. The van der Waals surface area contributed by atoms with E-state index in [1.165, 1.54) is 0 Å². The Hall–Kier alpha value is -2.26. The molecule has 0 aliphatic carbocycles. The van der Waals surface area contributed by atoms with E-state index in [9.17, 15) is 0 Å². The van der Waals surface area contributed by atoms with Gasteiger partial charge in [-0.25, -0.2) is 4.98 Å². The van der Waals surface area contributed by atoms with Crippen LogP contribution in [0, 0.1) is 0 Å². The van der Waals surface area contributed by atoms with E-state index in [0.717, 1.165) is 22.6 Å². The Morgan fingerprint density at radius 1 is 1.10 bits per heavy atom. The van der Waals surface area contributed by atoms with Gasteiger partial charge in [-0.3, -0.25) is 0 Å². The van der Waals surface area contributed by atoms with E-state index < -0.39 is 0 Å². The number of para-hydroxylation sites is 1. The van der Waals surface area contributed by atoms with Gasteiger partial charge in [0.15, 0.2) is 0 Å². The number of hydrogen-bond acceptors (Lipinski definition) is 2. The van der Waals surface area contributed by atoms with Crippen LogP contribution in [0.1, 0.15) is 5.56 Å². The Kier molecular flexibility index (Phi) is 3.44. The quantitative estimate of drug-likeness (QED) is 0.742. The van der Waals surface area contributed by atoms with Gasteiger partial charge in [-0.2, -0.15) is 0 Å². The smallest absolute Gasteiger partial charge is 0.140 e. The predicted octanol–water partition coefficient (Wildman–Crippen LogP) is 3.83. The number of nitrogens with two attached hydrogens (primary N) is 1. The summed E-state index contributed by atoms with van der Waals surface area (Å²) in [6, 6.07) is 15.5. The molecule has 0 radical (unpaired) electrons. The summed E-state index contributed by atoms with van der Waals surface area (Å²) in [6.45, 7) is 0.689. The molecule has 0 spiro atoms. The first-order chi connectivity index (χ1) is 9.74. The molecule has 1 aromatic heterocycles.